The molecule has 0 atom stereocenters. The van der Waals surface area contributed by atoms with Gasteiger partial charge in [0.25, 0.3) is 0 Å². The molecule has 0 amide bonds. The topological polar surface area (TPSA) is 26.3 Å². The van der Waals surface area contributed by atoms with E-state index in [2.05, 4.69) is 15.9 Å². The van der Waals surface area contributed by atoms with E-state index >= 15 is 0 Å². The molecule has 0 aliphatic heterocycles. The molecule has 0 spiro atoms. The van der Waals surface area contributed by atoms with Gasteiger partial charge in [-0.3, -0.25) is 4.79 Å². The van der Waals surface area contributed by atoms with E-state index in [9.17, 15) is 9.18 Å². The first-order valence-corrected chi connectivity index (χ1v) is 7.26. The third-order valence-electron chi connectivity index (χ3n) is 2.67. The van der Waals surface area contributed by atoms with E-state index < -0.39 is 5.24 Å². The lowest BCUT2D eigenvalue weighted by Gasteiger charge is -2.09. The zero-order chi connectivity index (χ0) is 15.2. The number of hydrogen-bond acceptors (Lipinski definition) is 2. The summed E-state index contributed by atoms with van der Waals surface area (Å²) in [7, 11) is 0. The van der Waals surface area contributed by atoms with Crippen molar-refractivity contribution in [2.24, 2.45) is 0 Å². The number of ether oxygens (including phenoxy) is 1. The average Bonchev–Trinajstić information content (AvgIpc) is 2.46. The van der Waals surface area contributed by atoms with Crippen LogP contribution in [0.5, 0.6) is 5.75 Å². The zero-order valence-corrected chi connectivity index (χ0v) is 13.2. The minimum absolute atomic E-state index is 0.273. The maximum Gasteiger partial charge on any atom is 0.245 e. The molecule has 2 aromatic carbocycles. The number of hydrogen-bond donors (Lipinski definition) is 0. The molecule has 2 nitrogen and oxygen atoms in total. The standard InChI is InChI=1S/C16H11BrClFO2/c17-14-9-11(4-8-16(18)20)3-7-15(14)21-10-12-1-5-13(19)6-2-12/h1-9H,10H2/b8-4+. The first-order chi connectivity index (χ1) is 10.0. The first-order valence-electron chi connectivity index (χ1n) is 6.09. The van der Waals surface area contributed by atoms with Gasteiger partial charge in [-0.2, -0.15) is 0 Å². The highest BCUT2D eigenvalue weighted by molar-refractivity contribution is 9.10. The molecule has 0 aromatic heterocycles. The number of carbonyl (C=O) groups is 1. The summed E-state index contributed by atoms with van der Waals surface area (Å²) in [5.41, 5.74) is 1.70. The maximum absolute atomic E-state index is 12.8. The smallest absolute Gasteiger partial charge is 0.245 e. The van der Waals surface area contributed by atoms with Crippen molar-refractivity contribution in [3.8, 4) is 5.75 Å². The highest BCUT2D eigenvalue weighted by atomic mass is 79.9. The minimum Gasteiger partial charge on any atom is -0.488 e. The first kappa shape index (κ1) is 15.7. The van der Waals surface area contributed by atoms with Crippen LogP contribution in [0.15, 0.2) is 53.0 Å². The second kappa shape index (κ2) is 7.38. The second-order valence-corrected chi connectivity index (χ2v) is 5.47. The lowest BCUT2D eigenvalue weighted by molar-refractivity contribution is -0.107. The molecule has 108 valence electrons. The maximum atomic E-state index is 12.8. The molecule has 0 aliphatic rings. The van der Waals surface area contributed by atoms with Crippen LogP contribution in [0, 0.1) is 5.82 Å². The van der Waals surface area contributed by atoms with Gasteiger partial charge in [-0.25, -0.2) is 4.39 Å². The molecule has 0 bridgehead atoms. The number of allylic oxidation sites excluding steroid dienone is 1. The van der Waals surface area contributed by atoms with E-state index in [4.69, 9.17) is 16.3 Å². The molecule has 0 radical (unpaired) electrons. The van der Waals surface area contributed by atoms with Crippen LogP contribution in [0.3, 0.4) is 0 Å². The summed E-state index contributed by atoms with van der Waals surface area (Å²) in [6, 6.07) is 11.5. The van der Waals surface area contributed by atoms with Gasteiger partial charge < -0.3 is 4.74 Å². The summed E-state index contributed by atoms with van der Waals surface area (Å²) in [4.78, 5) is 10.7. The Kier molecular flexibility index (Phi) is 5.53. The van der Waals surface area contributed by atoms with Crippen molar-refractivity contribution >= 4 is 38.8 Å². The number of rotatable bonds is 5. The normalized spacial score (nSPS) is 10.8. The molecule has 5 heteroatoms. The lowest BCUT2D eigenvalue weighted by atomic mass is 10.2. The summed E-state index contributed by atoms with van der Waals surface area (Å²) in [6.45, 7) is 0.341. The molecule has 21 heavy (non-hydrogen) atoms. The van der Waals surface area contributed by atoms with E-state index in [0.717, 1.165) is 15.6 Å². The van der Waals surface area contributed by atoms with Crippen LogP contribution in [-0.2, 0) is 11.4 Å². The van der Waals surface area contributed by atoms with E-state index in [1.807, 2.05) is 6.07 Å². The van der Waals surface area contributed by atoms with Crippen LogP contribution in [-0.4, -0.2) is 5.24 Å². The fraction of sp³-hybridized carbons (Fsp3) is 0.0625. The molecule has 0 aliphatic carbocycles. The molecule has 0 saturated heterocycles. The van der Waals surface area contributed by atoms with Crippen molar-refractivity contribution in [1.82, 2.24) is 0 Å². The molecule has 0 unspecified atom stereocenters. The van der Waals surface area contributed by atoms with Crippen molar-refractivity contribution in [3.05, 3.63) is 70.0 Å². The predicted octanol–water partition coefficient (Wildman–Crippen LogP) is 4.95. The van der Waals surface area contributed by atoms with Crippen LogP contribution < -0.4 is 4.74 Å². The van der Waals surface area contributed by atoms with Crippen molar-refractivity contribution < 1.29 is 13.9 Å². The van der Waals surface area contributed by atoms with Gasteiger partial charge in [-0.05, 0) is 69.0 Å². The van der Waals surface area contributed by atoms with Crippen molar-refractivity contribution in [2.45, 2.75) is 6.61 Å². The Morgan fingerprint density at radius 1 is 1.24 bits per heavy atom. The third kappa shape index (κ3) is 4.99. The van der Waals surface area contributed by atoms with Crippen LogP contribution in [0.25, 0.3) is 6.08 Å². The molecule has 2 aromatic rings. The largest absolute Gasteiger partial charge is 0.488 e. The van der Waals surface area contributed by atoms with E-state index in [-0.39, 0.29) is 5.82 Å². The molecular formula is C16H11BrClFO2. The molecular weight excluding hydrogens is 359 g/mol. The lowest BCUT2D eigenvalue weighted by Crippen LogP contribution is -1.96. The number of halogens is 3. The van der Waals surface area contributed by atoms with E-state index in [0.29, 0.717) is 12.4 Å². The molecule has 0 heterocycles. The summed E-state index contributed by atoms with van der Waals surface area (Å²) in [5.74, 6) is 0.388. The van der Waals surface area contributed by atoms with Gasteiger partial charge in [-0.1, -0.05) is 24.3 Å². The van der Waals surface area contributed by atoms with Gasteiger partial charge in [0.15, 0.2) is 0 Å². The van der Waals surface area contributed by atoms with Crippen LogP contribution in [0.1, 0.15) is 11.1 Å². The molecule has 2 rings (SSSR count). The van der Waals surface area contributed by atoms with Crippen LogP contribution in [0.2, 0.25) is 0 Å². The van der Waals surface area contributed by atoms with E-state index in [1.165, 1.54) is 18.2 Å². The summed E-state index contributed by atoms with van der Waals surface area (Å²) < 4.78 is 19.2. The summed E-state index contributed by atoms with van der Waals surface area (Å²) in [5, 5.41) is -0.525. The highest BCUT2D eigenvalue weighted by Crippen LogP contribution is 2.27. The van der Waals surface area contributed by atoms with Crippen molar-refractivity contribution in [1.29, 1.82) is 0 Å². The van der Waals surface area contributed by atoms with Gasteiger partial charge in [-0.15, -0.1) is 0 Å². The fourth-order valence-electron chi connectivity index (χ4n) is 1.64. The minimum atomic E-state index is -0.525. The zero-order valence-electron chi connectivity index (χ0n) is 10.9. The quantitative estimate of drug-likeness (QED) is 0.551. The monoisotopic (exact) mass is 368 g/mol. The highest BCUT2D eigenvalue weighted by Gasteiger charge is 2.03. The number of carbonyl (C=O) groups excluding carboxylic acids is 1. The van der Waals surface area contributed by atoms with Gasteiger partial charge >= 0.3 is 0 Å². The fourth-order valence-corrected chi connectivity index (χ4v) is 2.22. The SMILES string of the molecule is O=C(Cl)/C=C/c1ccc(OCc2ccc(F)cc2)c(Br)c1. The van der Waals surface area contributed by atoms with Gasteiger partial charge in [0.05, 0.1) is 4.47 Å². The Bertz CT molecular complexity index is 668. The average molecular weight is 370 g/mol. The Hall–Kier alpha value is -1.65. The van der Waals surface area contributed by atoms with Gasteiger partial charge in [0, 0.05) is 0 Å². The summed E-state index contributed by atoms with van der Waals surface area (Å²) in [6.07, 6.45) is 2.90. The van der Waals surface area contributed by atoms with Gasteiger partial charge in [0.1, 0.15) is 18.2 Å². The number of benzene rings is 2. The van der Waals surface area contributed by atoms with Gasteiger partial charge in [0.2, 0.25) is 5.24 Å². The Balaban J connectivity index is 2.04. The predicted molar refractivity (Wildman–Crippen MR) is 84.8 cm³/mol. The third-order valence-corrected chi connectivity index (χ3v) is 3.42. The Morgan fingerprint density at radius 3 is 2.57 bits per heavy atom. The molecule has 0 saturated carbocycles. The second-order valence-electron chi connectivity index (χ2n) is 4.24. The molecule has 0 fully saturated rings. The summed E-state index contributed by atoms with van der Waals surface area (Å²) >= 11 is 8.64. The van der Waals surface area contributed by atoms with Crippen LogP contribution in [0.4, 0.5) is 4.39 Å². The Labute approximate surface area is 135 Å². The van der Waals surface area contributed by atoms with E-state index in [1.54, 1.807) is 30.3 Å². The van der Waals surface area contributed by atoms with Crippen LogP contribution >= 0.6 is 27.5 Å². The molecule has 0 N–H and O–H groups in total. The van der Waals surface area contributed by atoms with Crippen molar-refractivity contribution in [2.75, 3.05) is 0 Å². The van der Waals surface area contributed by atoms with Crippen molar-refractivity contribution in [3.63, 3.8) is 0 Å². The Morgan fingerprint density at radius 2 is 1.95 bits per heavy atom.